The van der Waals surface area contributed by atoms with Gasteiger partial charge in [0, 0.05) is 25.2 Å². The van der Waals surface area contributed by atoms with Gasteiger partial charge in [-0.1, -0.05) is 12.1 Å². The van der Waals surface area contributed by atoms with E-state index in [2.05, 4.69) is 0 Å². The molecule has 0 unspecified atom stereocenters. The molecule has 1 aromatic rings. The molecule has 0 atom stereocenters. The van der Waals surface area contributed by atoms with Crippen LogP contribution < -0.4 is 4.74 Å². The van der Waals surface area contributed by atoms with Crippen molar-refractivity contribution in [3.63, 3.8) is 0 Å². The molecule has 0 heterocycles. The molecule has 0 saturated heterocycles. The molecule has 0 aliphatic heterocycles. The van der Waals surface area contributed by atoms with Gasteiger partial charge in [0.05, 0.1) is 12.5 Å². The Bertz CT molecular complexity index is 318. The van der Waals surface area contributed by atoms with Crippen LogP contribution in [-0.4, -0.2) is 19.8 Å². The summed E-state index contributed by atoms with van der Waals surface area (Å²) in [7, 11) is 0. The fourth-order valence-corrected chi connectivity index (χ4v) is 1.51. The average Bonchev–Trinajstić information content (AvgIpc) is 2.30. The van der Waals surface area contributed by atoms with Crippen LogP contribution in [0.4, 0.5) is 4.39 Å². The first-order chi connectivity index (χ1) is 7.79. The van der Waals surface area contributed by atoms with Crippen LogP contribution in [0.15, 0.2) is 18.2 Å². The monoisotopic (exact) mass is 246 g/mol. The molecule has 0 spiro atoms. The third-order valence-electron chi connectivity index (χ3n) is 2.08. The second-order valence-electron chi connectivity index (χ2n) is 3.26. The quantitative estimate of drug-likeness (QED) is 0.543. The molecule has 0 aliphatic carbocycles. The van der Waals surface area contributed by atoms with E-state index in [1.807, 2.05) is 6.92 Å². The zero-order valence-electron chi connectivity index (χ0n) is 9.34. The number of alkyl halides is 1. The lowest BCUT2D eigenvalue weighted by atomic mass is 10.2. The number of hydrogen-bond acceptors (Lipinski definition) is 2. The summed E-state index contributed by atoms with van der Waals surface area (Å²) in [5.41, 5.74) is 0.679. The van der Waals surface area contributed by atoms with Crippen LogP contribution in [0.1, 0.15) is 18.9 Å². The predicted molar refractivity (Wildman–Crippen MR) is 62.6 cm³/mol. The molecular formula is C12H16ClFO2. The molecule has 0 fully saturated rings. The van der Waals surface area contributed by atoms with Crippen LogP contribution in [0.5, 0.6) is 5.75 Å². The topological polar surface area (TPSA) is 18.5 Å². The van der Waals surface area contributed by atoms with Crippen LogP contribution in [0.3, 0.4) is 0 Å². The molecule has 1 aromatic carbocycles. The van der Waals surface area contributed by atoms with Gasteiger partial charge < -0.3 is 9.47 Å². The predicted octanol–water partition coefficient (Wildman–Crippen LogP) is 3.37. The van der Waals surface area contributed by atoms with Gasteiger partial charge in [-0.3, -0.25) is 0 Å². The van der Waals surface area contributed by atoms with Gasteiger partial charge in [0.1, 0.15) is 0 Å². The zero-order chi connectivity index (χ0) is 11.8. The van der Waals surface area contributed by atoms with Crippen LogP contribution >= 0.6 is 11.6 Å². The van der Waals surface area contributed by atoms with Gasteiger partial charge in [-0.25, -0.2) is 4.39 Å². The molecule has 16 heavy (non-hydrogen) atoms. The van der Waals surface area contributed by atoms with Crippen molar-refractivity contribution < 1.29 is 13.9 Å². The fourth-order valence-electron chi connectivity index (χ4n) is 1.30. The van der Waals surface area contributed by atoms with E-state index in [1.165, 1.54) is 6.07 Å². The van der Waals surface area contributed by atoms with Crippen molar-refractivity contribution in [3.8, 4) is 5.75 Å². The summed E-state index contributed by atoms with van der Waals surface area (Å²) >= 11 is 5.70. The van der Waals surface area contributed by atoms with Crippen molar-refractivity contribution in [1.82, 2.24) is 0 Å². The van der Waals surface area contributed by atoms with Crippen molar-refractivity contribution in [2.75, 3.05) is 19.8 Å². The van der Waals surface area contributed by atoms with Gasteiger partial charge in [-0.2, -0.15) is 0 Å². The second kappa shape index (κ2) is 7.47. The van der Waals surface area contributed by atoms with E-state index in [1.54, 1.807) is 12.1 Å². The smallest absolute Gasteiger partial charge is 0.165 e. The Balaban J connectivity index is 2.46. The zero-order valence-corrected chi connectivity index (χ0v) is 10.1. The molecule has 4 heteroatoms. The Morgan fingerprint density at radius 3 is 2.81 bits per heavy atom. The van der Waals surface area contributed by atoms with E-state index in [-0.39, 0.29) is 17.4 Å². The van der Waals surface area contributed by atoms with E-state index in [4.69, 9.17) is 21.1 Å². The minimum absolute atomic E-state index is 0.249. The molecule has 0 amide bonds. The maximum atomic E-state index is 13.4. The summed E-state index contributed by atoms with van der Waals surface area (Å²) in [5, 5.41) is 0. The van der Waals surface area contributed by atoms with Crippen molar-refractivity contribution in [2.24, 2.45) is 0 Å². The average molecular weight is 247 g/mol. The molecule has 90 valence electrons. The van der Waals surface area contributed by atoms with E-state index in [9.17, 15) is 4.39 Å². The first kappa shape index (κ1) is 13.3. The first-order valence-electron chi connectivity index (χ1n) is 5.33. The van der Waals surface area contributed by atoms with Crippen LogP contribution in [0, 0.1) is 5.82 Å². The minimum Gasteiger partial charge on any atom is -0.490 e. The minimum atomic E-state index is -0.366. The van der Waals surface area contributed by atoms with Crippen molar-refractivity contribution in [3.05, 3.63) is 29.6 Å². The molecular weight excluding hydrogens is 231 g/mol. The molecule has 0 N–H and O–H groups in total. The summed E-state index contributed by atoms with van der Waals surface area (Å²) in [6.45, 7) is 3.68. The third kappa shape index (κ3) is 3.99. The largest absolute Gasteiger partial charge is 0.490 e. The fraction of sp³-hybridized carbons (Fsp3) is 0.500. The third-order valence-corrected chi connectivity index (χ3v) is 2.36. The molecule has 0 aromatic heterocycles. The van der Waals surface area contributed by atoms with Gasteiger partial charge in [-0.05, 0) is 13.0 Å². The summed E-state index contributed by atoms with van der Waals surface area (Å²) in [6, 6.07) is 4.75. The molecule has 0 bridgehead atoms. The Morgan fingerprint density at radius 1 is 1.31 bits per heavy atom. The number of benzene rings is 1. The summed E-state index contributed by atoms with van der Waals surface area (Å²) in [5.74, 6) is 0.141. The number of rotatable bonds is 7. The number of ether oxygens (including phenoxy) is 2. The maximum absolute atomic E-state index is 13.4. The number of hydrogen-bond donors (Lipinski definition) is 0. The summed E-state index contributed by atoms with van der Waals surface area (Å²) in [4.78, 5) is 0. The van der Waals surface area contributed by atoms with Gasteiger partial charge in [-0.15, -0.1) is 11.6 Å². The van der Waals surface area contributed by atoms with E-state index >= 15 is 0 Å². The van der Waals surface area contributed by atoms with Gasteiger partial charge in [0.2, 0.25) is 0 Å². The molecule has 1 rings (SSSR count). The summed E-state index contributed by atoms with van der Waals surface area (Å²) in [6.07, 6.45) is 0.740. The number of halogens is 2. The molecule has 0 saturated carbocycles. The maximum Gasteiger partial charge on any atom is 0.165 e. The van der Waals surface area contributed by atoms with Crippen molar-refractivity contribution in [1.29, 1.82) is 0 Å². The van der Waals surface area contributed by atoms with Crippen LogP contribution in [-0.2, 0) is 10.6 Å². The normalized spacial score (nSPS) is 10.4. The van der Waals surface area contributed by atoms with Crippen LogP contribution in [0.2, 0.25) is 0 Å². The van der Waals surface area contributed by atoms with E-state index < -0.39 is 0 Å². The Hall–Kier alpha value is -0.800. The highest BCUT2D eigenvalue weighted by molar-refractivity contribution is 6.17. The van der Waals surface area contributed by atoms with Gasteiger partial charge in [0.25, 0.3) is 0 Å². The number of para-hydroxylation sites is 1. The lowest BCUT2D eigenvalue weighted by Gasteiger charge is -2.10. The Morgan fingerprint density at radius 2 is 2.12 bits per heavy atom. The first-order valence-corrected chi connectivity index (χ1v) is 5.87. The second-order valence-corrected chi connectivity index (χ2v) is 3.53. The SMILES string of the molecule is CCOCCCOc1c(F)cccc1CCl. The highest BCUT2D eigenvalue weighted by Gasteiger charge is 2.08. The lowest BCUT2D eigenvalue weighted by molar-refractivity contribution is 0.130. The van der Waals surface area contributed by atoms with E-state index in [0.717, 1.165) is 6.42 Å². The molecule has 0 aliphatic rings. The van der Waals surface area contributed by atoms with Crippen molar-refractivity contribution in [2.45, 2.75) is 19.2 Å². The highest BCUT2D eigenvalue weighted by atomic mass is 35.5. The van der Waals surface area contributed by atoms with E-state index in [0.29, 0.717) is 25.4 Å². The Labute approximate surface area is 100 Å². The van der Waals surface area contributed by atoms with Crippen LogP contribution in [0.25, 0.3) is 0 Å². The van der Waals surface area contributed by atoms with Crippen molar-refractivity contribution >= 4 is 11.6 Å². The molecule has 2 nitrogen and oxygen atoms in total. The summed E-state index contributed by atoms with van der Waals surface area (Å²) < 4.78 is 23.9. The Kier molecular flexibility index (Phi) is 6.19. The standard InChI is InChI=1S/C12H16ClFO2/c1-2-15-7-4-8-16-12-10(9-13)5-3-6-11(12)14/h3,5-6H,2,4,7-9H2,1H3. The highest BCUT2D eigenvalue weighted by Crippen LogP contribution is 2.24. The van der Waals surface area contributed by atoms with Gasteiger partial charge in [0.15, 0.2) is 11.6 Å². The lowest BCUT2D eigenvalue weighted by Crippen LogP contribution is -2.05. The van der Waals surface area contributed by atoms with Gasteiger partial charge >= 0.3 is 0 Å². The molecule has 0 radical (unpaired) electrons.